The van der Waals surface area contributed by atoms with Crippen molar-refractivity contribution in [2.75, 3.05) is 51.3 Å². The Balaban J connectivity index is 1.23. The first-order chi connectivity index (χ1) is 20.6. The quantitative estimate of drug-likeness (QED) is 0.412. The summed E-state index contributed by atoms with van der Waals surface area (Å²) in [7, 11) is 1.65. The predicted molar refractivity (Wildman–Crippen MR) is 167 cm³/mol. The van der Waals surface area contributed by atoms with Crippen LogP contribution in [0.4, 0.5) is 10.5 Å². The zero-order chi connectivity index (χ0) is 30.7. The fourth-order valence-electron chi connectivity index (χ4n) is 5.98. The van der Waals surface area contributed by atoms with Crippen molar-refractivity contribution in [3.63, 3.8) is 0 Å². The van der Waals surface area contributed by atoms with Gasteiger partial charge in [0.05, 0.1) is 17.5 Å². The van der Waals surface area contributed by atoms with E-state index >= 15 is 0 Å². The van der Waals surface area contributed by atoms with Crippen LogP contribution >= 0.6 is 15.9 Å². The first-order valence-corrected chi connectivity index (χ1v) is 15.8. The number of methoxy groups -OCH3 is 1. The van der Waals surface area contributed by atoms with Gasteiger partial charge in [-0.3, -0.25) is 9.59 Å². The standard InChI is InChI=1S/C32H41BrN4O6/c1-32(2,30(39)34-14-16-35(17-15-34)31(40)41)43-26-8-4-7-25(19-26)36-13-5-6-23(21-36)29(38)37(24-10-11-24)20-22-9-12-27(33)28(18-22)42-3/h4,7-9,12,18-19,23-24H,5-6,10-11,13-17,20-21H2,1-3H3,(H,40,41)/t23-/m1/s1. The van der Waals surface area contributed by atoms with E-state index in [-0.39, 0.29) is 30.8 Å². The molecule has 1 aliphatic carbocycles. The molecule has 2 aromatic carbocycles. The van der Waals surface area contributed by atoms with Crippen molar-refractivity contribution < 1.29 is 29.0 Å². The zero-order valence-corrected chi connectivity index (χ0v) is 26.7. The number of piperidine rings is 1. The van der Waals surface area contributed by atoms with Crippen LogP contribution in [0.15, 0.2) is 46.9 Å². The Morgan fingerprint density at radius 2 is 1.72 bits per heavy atom. The number of carbonyl (C=O) groups excluding carboxylic acids is 2. The van der Waals surface area contributed by atoms with Crippen LogP contribution in [0.5, 0.6) is 11.5 Å². The first-order valence-electron chi connectivity index (χ1n) is 15.0. The van der Waals surface area contributed by atoms with Crippen LogP contribution in [-0.4, -0.2) is 95.7 Å². The van der Waals surface area contributed by atoms with Crippen LogP contribution in [0.1, 0.15) is 45.1 Å². The lowest BCUT2D eigenvalue weighted by Crippen LogP contribution is -2.56. The van der Waals surface area contributed by atoms with Crippen LogP contribution in [0.3, 0.4) is 0 Å². The molecule has 0 aromatic heterocycles. The van der Waals surface area contributed by atoms with Gasteiger partial charge in [-0.05, 0) is 85.3 Å². The minimum Gasteiger partial charge on any atom is -0.496 e. The Morgan fingerprint density at radius 3 is 2.40 bits per heavy atom. The molecule has 1 atom stereocenters. The molecule has 2 heterocycles. The summed E-state index contributed by atoms with van der Waals surface area (Å²) in [6, 6.07) is 14.0. The van der Waals surface area contributed by atoms with Gasteiger partial charge < -0.3 is 34.2 Å². The van der Waals surface area contributed by atoms with E-state index in [0.717, 1.165) is 53.7 Å². The number of hydrogen-bond acceptors (Lipinski definition) is 6. The van der Waals surface area contributed by atoms with E-state index in [1.54, 1.807) is 25.9 Å². The Morgan fingerprint density at radius 1 is 1.00 bits per heavy atom. The average Bonchev–Trinajstić information content (AvgIpc) is 3.85. The molecule has 0 unspecified atom stereocenters. The normalized spacial score (nSPS) is 19.2. The third kappa shape index (κ3) is 7.37. The molecular weight excluding hydrogens is 616 g/mol. The molecule has 0 bridgehead atoms. The number of rotatable bonds is 9. The van der Waals surface area contributed by atoms with Crippen molar-refractivity contribution >= 4 is 39.5 Å². The molecule has 3 aliphatic rings. The van der Waals surface area contributed by atoms with Crippen LogP contribution in [-0.2, 0) is 16.1 Å². The number of amides is 3. The van der Waals surface area contributed by atoms with E-state index in [1.165, 1.54) is 4.90 Å². The third-order valence-electron chi connectivity index (χ3n) is 8.52. The molecule has 10 nitrogen and oxygen atoms in total. The SMILES string of the molecule is COc1cc(CN(C(=O)[C@@H]2CCCN(c3cccc(OC(C)(C)C(=O)N4CCN(C(=O)O)CC4)c3)C2)C2CC2)ccc1Br. The van der Waals surface area contributed by atoms with Gasteiger partial charge in [0.15, 0.2) is 5.60 Å². The molecular formula is C32H41BrN4O6. The van der Waals surface area contributed by atoms with Gasteiger partial charge in [0.1, 0.15) is 11.5 Å². The molecule has 0 radical (unpaired) electrons. The fraction of sp³-hybridized carbons (Fsp3) is 0.531. The largest absolute Gasteiger partial charge is 0.496 e. The van der Waals surface area contributed by atoms with Gasteiger partial charge in [-0.1, -0.05) is 12.1 Å². The molecule has 2 saturated heterocycles. The fourth-order valence-corrected chi connectivity index (χ4v) is 6.39. The van der Waals surface area contributed by atoms with Crippen molar-refractivity contribution in [1.82, 2.24) is 14.7 Å². The van der Waals surface area contributed by atoms with Crippen LogP contribution in [0, 0.1) is 5.92 Å². The minimum atomic E-state index is -1.12. The summed E-state index contributed by atoms with van der Waals surface area (Å²) in [6.45, 7) is 6.80. The maximum atomic E-state index is 13.9. The molecule has 2 aromatic rings. The zero-order valence-electron chi connectivity index (χ0n) is 25.1. The lowest BCUT2D eigenvalue weighted by molar-refractivity contribution is -0.147. The molecule has 2 aliphatic heterocycles. The molecule has 43 heavy (non-hydrogen) atoms. The van der Waals surface area contributed by atoms with Crippen LogP contribution < -0.4 is 14.4 Å². The molecule has 5 rings (SSSR count). The van der Waals surface area contributed by atoms with Gasteiger partial charge in [-0.15, -0.1) is 0 Å². The predicted octanol–water partition coefficient (Wildman–Crippen LogP) is 4.84. The van der Waals surface area contributed by atoms with Crippen molar-refractivity contribution in [3.8, 4) is 11.5 Å². The second kappa shape index (κ2) is 13.0. The number of halogens is 1. The van der Waals surface area contributed by atoms with E-state index in [2.05, 4.69) is 25.7 Å². The van der Waals surface area contributed by atoms with E-state index < -0.39 is 11.7 Å². The second-order valence-corrected chi connectivity index (χ2v) is 13.0. The van der Waals surface area contributed by atoms with Gasteiger partial charge in [0, 0.05) is 63.6 Å². The monoisotopic (exact) mass is 656 g/mol. The number of ether oxygens (including phenoxy) is 2. The first kappa shape index (κ1) is 31.0. The Hall–Kier alpha value is -3.47. The van der Waals surface area contributed by atoms with Gasteiger partial charge in [-0.2, -0.15) is 0 Å². The summed E-state index contributed by atoms with van der Waals surface area (Å²) in [5.74, 6) is 1.28. The smallest absolute Gasteiger partial charge is 0.407 e. The van der Waals surface area contributed by atoms with Crippen molar-refractivity contribution in [3.05, 3.63) is 52.5 Å². The number of nitrogens with zero attached hydrogens (tertiary/aromatic N) is 4. The summed E-state index contributed by atoms with van der Waals surface area (Å²) in [5, 5.41) is 9.21. The highest BCUT2D eigenvalue weighted by atomic mass is 79.9. The van der Waals surface area contributed by atoms with Crippen molar-refractivity contribution in [2.24, 2.45) is 5.92 Å². The maximum Gasteiger partial charge on any atom is 0.407 e. The lowest BCUT2D eigenvalue weighted by atomic mass is 9.95. The Labute approximate surface area is 261 Å². The van der Waals surface area contributed by atoms with Gasteiger partial charge in [0.25, 0.3) is 5.91 Å². The molecule has 1 N–H and O–H groups in total. The molecule has 3 fully saturated rings. The summed E-state index contributed by atoms with van der Waals surface area (Å²) in [4.78, 5) is 45.7. The summed E-state index contributed by atoms with van der Waals surface area (Å²) < 4.78 is 12.6. The number of hydrogen-bond donors (Lipinski definition) is 1. The highest BCUT2D eigenvalue weighted by Gasteiger charge is 2.38. The van der Waals surface area contributed by atoms with Crippen molar-refractivity contribution in [1.29, 1.82) is 0 Å². The van der Waals surface area contributed by atoms with E-state index in [1.807, 2.05) is 42.5 Å². The van der Waals surface area contributed by atoms with Crippen molar-refractivity contribution in [2.45, 2.75) is 57.7 Å². The average molecular weight is 658 g/mol. The minimum absolute atomic E-state index is 0.0984. The van der Waals surface area contributed by atoms with Gasteiger partial charge >= 0.3 is 6.09 Å². The highest BCUT2D eigenvalue weighted by Crippen LogP contribution is 2.35. The maximum absolute atomic E-state index is 13.9. The lowest BCUT2D eigenvalue weighted by Gasteiger charge is -2.38. The van der Waals surface area contributed by atoms with E-state index in [4.69, 9.17) is 9.47 Å². The molecule has 232 valence electrons. The summed E-state index contributed by atoms with van der Waals surface area (Å²) in [6.07, 6.45) is 2.89. The number of piperazine rings is 1. The third-order valence-corrected chi connectivity index (χ3v) is 9.17. The molecule has 3 amide bonds. The van der Waals surface area contributed by atoms with Gasteiger partial charge in [0.2, 0.25) is 5.91 Å². The van der Waals surface area contributed by atoms with E-state index in [0.29, 0.717) is 38.0 Å². The number of carbonyl (C=O) groups is 3. The summed E-state index contributed by atoms with van der Waals surface area (Å²) in [5.41, 5.74) is 0.896. The van der Waals surface area contributed by atoms with Crippen LogP contribution in [0.2, 0.25) is 0 Å². The Kier molecular flexibility index (Phi) is 9.39. The molecule has 11 heteroatoms. The molecule has 0 spiro atoms. The number of anilines is 1. The second-order valence-electron chi connectivity index (χ2n) is 12.1. The Bertz CT molecular complexity index is 1340. The van der Waals surface area contributed by atoms with E-state index in [9.17, 15) is 19.5 Å². The number of benzene rings is 2. The van der Waals surface area contributed by atoms with Gasteiger partial charge in [-0.25, -0.2) is 4.79 Å². The van der Waals surface area contributed by atoms with Crippen LogP contribution in [0.25, 0.3) is 0 Å². The topological polar surface area (TPSA) is 103 Å². The summed E-state index contributed by atoms with van der Waals surface area (Å²) >= 11 is 3.51. The highest BCUT2D eigenvalue weighted by molar-refractivity contribution is 9.10. The number of carboxylic acid groups (broad SMARTS) is 1. The molecule has 1 saturated carbocycles.